The lowest BCUT2D eigenvalue weighted by molar-refractivity contribution is 0.0936. The van der Waals surface area contributed by atoms with Crippen LogP contribution >= 0.6 is 11.6 Å². The number of carbonyl (C=O) groups is 1. The molecule has 1 amide bonds. The Morgan fingerprint density at radius 2 is 2.21 bits per heavy atom. The van der Waals surface area contributed by atoms with Crippen LogP contribution in [-0.4, -0.2) is 10.9 Å². The molecule has 0 aliphatic heterocycles. The van der Waals surface area contributed by atoms with E-state index in [9.17, 15) is 9.18 Å². The molecule has 0 aliphatic carbocycles. The van der Waals surface area contributed by atoms with Gasteiger partial charge in [0.05, 0.1) is 11.6 Å². The van der Waals surface area contributed by atoms with Crippen molar-refractivity contribution < 1.29 is 9.18 Å². The third-order valence-corrected chi connectivity index (χ3v) is 2.94. The van der Waals surface area contributed by atoms with E-state index in [0.29, 0.717) is 0 Å². The van der Waals surface area contributed by atoms with Crippen molar-refractivity contribution in [3.8, 4) is 0 Å². The number of halogens is 2. The highest BCUT2D eigenvalue weighted by atomic mass is 35.5. The molecule has 0 aliphatic rings. The highest BCUT2D eigenvalue weighted by molar-refractivity contribution is 6.30. The van der Waals surface area contributed by atoms with Gasteiger partial charge in [-0.1, -0.05) is 17.7 Å². The van der Waals surface area contributed by atoms with Crippen LogP contribution in [0, 0.1) is 5.82 Å². The molecule has 1 aromatic heterocycles. The van der Waals surface area contributed by atoms with E-state index in [-0.39, 0.29) is 16.6 Å². The van der Waals surface area contributed by atoms with E-state index >= 15 is 0 Å². The molecule has 1 aromatic carbocycles. The smallest absolute Gasteiger partial charge is 0.254 e. The van der Waals surface area contributed by atoms with Crippen molar-refractivity contribution >= 4 is 17.5 Å². The standard InChI is InChI=1S/C14H12ClFN2O/c1-9(10-3-2-6-17-8-10)18-14(19)12-5-4-11(15)7-13(12)16/h2-9H,1H3,(H,18,19). The van der Waals surface area contributed by atoms with Gasteiger partial charge in [0, 0.05) is 17.4 Å². The van der Waals surface area contributed by atoms with Gasteiger partial charge in [-0.15, -0.1) is 0 Å². The summed E-state index contributed by atoms with van der Waals surface area (Å²) in [6.45, 7) is 1.81. The molecule has 98 valence electrons. The summed E-state index contributed by atoms with van der Waals surface area (Å²) >= 11 is 5.64. The molecule has 1 N–H and O–H groups in total. The van der Waals surface area contributed by atoms with E-state index in [0.717, 1.165) is 11.6 Å². The first kappa shape index (κ1) is 13.5. The third-order valence-electron chi connectivity index (χ3n) is 2.71. The fourth-order valence-electron chi connectivity index (χ4n) is 1.66. The van der Waals surface area contributed by atoms with Gasteiger partial charge in [-0.3, -0.25) is 9.78 Å². The predicted molar refractivity (Wildman–Crippen MR) is 71.5 cm³/mol. The van der Waals surface area contributed by atoms with Crippen LogP contribution in [0.5, 0.6) is 0 Å². The lowest BCUT2D eigenvalue weighted by Crippen LogP contribution is -2.27. The summed E-state index contributed by atoms with van der Waals surface area (Å²) < 4.78 is 13.6. The van der Waals surface area contributed by atoms with Crippen LogP contribution in [-0.2, 0) is 0 Å². The fraction of sp³-hybridized carbons (Fsp3) is 0.143. The van der Waals surface area contributed by atoms with Crippen LogP contribution in [0.2, 0.25) is 5.02 Å². The topological polar surface area (TPSA) is 42.0 Å². The number of pyridine rings is 1. The quantitative estimate of drug-likeness (QED) is 0.935. The van der Waals surface area contributed by atoms with Crippen LogP contribution < -0.4 is 5.32 Å². The summed E-state index contributed by atoms with van der Waals surface area (Å²) in [6.07, 6.45) is 3.31. The van der Waals surface area contributed by atoms with Crippen LogP contribution in [0.1, 0.15) is 28.9 Å². The molecule has 0 bridgehead atoms. The Kier molecular flexibility index (Phi) is 4.12. The van der Waals surface area contributed by atoms with E-state index in [1.165, 1.54) is 12.1 Å². The first-order valence-corrected chi connectivity index (χ1v) is 6.11. The average molecular weight is 279 g/mol. The van der Waals surface area contributed by atoms with Crippen LogP contribution in [0.3, 0.4) is 0 Å². The Bertz CT molecular complexity index is 589. The van der Waals surface area contributed by atoms with Gasteiger partial charge in [0.1, 0.15) is 5.82 Å². The Morgan fingerprint density at radius 1 is 1.42 bits per heavy atom. The molecule has 1 heterocycles. The zero-order valence-corrected chi connectivity index (χ0v) is 11.0. The van der Waals surface area contributed by atoms with E-state index in [1.54, 1.807) is 18.5 Å². The lowest BCUT2D eigenvalue weighted by Gasteiger charge is -2.14. The van der Waals surface area contributed by atoms with E-state index in [1.807, 2.05) is 13.0 Å². The minimum Gasteiger partial charge on any atom is -0.345 e. The number of benzene rings is 1. The Hall–Kier alpha value is -1.94. The molecule has 19 heavy (non-hydrogen) atoms. The summed E-state index contributed by atoms with van der Waals surface area (Å²) in [7, 11) is 0. The van der Waals surface area contributed by atoms with Crippen molar-refractivity contribution in [2.45, 2.75) is 13.0 Å². The summed E-state index contributed by atoms with van der Waals surface area (Å²) in [5.74, 6) is -1.12. The summed E-state index contributed by atoms with van der Waals surface area (Å²) in [5.41, 5.74) is 0.824. The van der Waals surface area contributed by atoms with Gasteiger partial charge in [0.25, 0.3) is 5.91 Å². The van der Waals surface area contributed by atoms with Gasteiger partial charge in [-0.05, 0) is 36.8 Å². The summed E-state index contributed by atoms with van der Waals surface area (Å²) in [5, 5.41) is 2.97. The molecule has 0 fully saturated rings. The number of nitrogens with zero attached hydrogens (tertiary/aromatic N) is 1. The molecule has 5 heteroatoms. The van der Waals surface area contributed by atoms with E-state index < -0.39 is 11.7 Å². The van der Waals surface area contributed by atoms with Crippen molar-refractivity contribution in [3.63, 3.8) is 0 Å². The zero-order chi connectivity index (χ0) is 13.8. The highest BCUT2D eigenvalue weighted by Crippen LogP contribution is 2.16. The molecular formula is C14H12ClFN2O. The van der Waals surface area contributed by atoms with Crippen molar-refractivity contribution in [2.24, 2.45) is 0 Å². The molecule has 1 atom stereocenters. The van der Waals surface area contributed by atoms with Gasteiger partial charge >= 0.3 is 0 Å². The minimum absolute atomic E-state index is 0.0276. The monoisotopic (exact) mass is 278 g/mol. The Morgan fingerprint density at radius 3 is 2.84 bits per heavy atom. The van der Waals surface area contributed by atoms with Crippen molar-refractivity contribution in [1.29, 1.82) is 0 Å². The van der Waals surface area contributed by atoms with Crippen molar-refractivity contribution in [2.75, 3.05) is 0 Å². The largest absolute Gasteiger partial charge is 0.345 e. The Balaban J connectivity index is 2.13. The first-order valence-electron chi connectivity index (χ1n) is 5.74. The number of amides is 1. The molecule has 0 radical (unpaired) electrons. The number of hydrogen-bond donors (Lipinski definition) is 1. The predicted octanol–water partition coefficient (Wildman–Crippen LogP) is 3.37. The third kappa shape index (κ3) is 3.29. The molecule has 0 spiro atoms. The number of nitrogens with one attached hydrogen (secondary N) is 1. The van der Waals surface area contributed by atoms with Gasteiger partial charge < -0.3 is 5.32 Å². The maximum atomic E-state index is 13.6. The normalized spacial score (nSPS) is 11.9. The number of aromatic nitrogens is 1. The highest BCUT2D eigenvalue weighted by Gasteiger charge is 2.15. The van der Waals surface area contributed by atoms with Crippen LogP contribution in [0.4, 0.5) is 4.39 Å². The molecular weight excluding hydrogens is 267 g/mol. The summed E-state index contributed by atoms with van der Waals surface area (Å²) in [4.78, 5) is 15.9. The number of hydrogen-bond acceptors (Lipinski definition) is 2. The minimum atomic E-state index is -0.636. The maximum absolute atomic E-state index is 13.6. The second kappa shape index (κ2) is 5.80. The molecule has 1 unspecified atom stereocenters. The SMILES string of the molecule is CC(NC(=O)c1ccc(Cl)cc1F)c1cccnc1. The number of carbonyl (C=O) groups excluding carboxylic acids is 1. The van der Waals surface area contributed by atoms with E-state index in [4.69, 9.17) is 11.6 Å². The lowest BCUT2D eigenvalue weighted by atomic mass is 10.1. The second-order valence-corrected chi connectivity index (χ2v) is 4.54. The molecule has 2 aromatic rings. The van der Waals surface area contributed by atoms with Gasteiger partial charge in [0.2, 0.25) is 0 Å². The first-order chi connectivity index (χ1) is 9.08. The average Bonchev–Trinajstić information content (AvgIpc) is 2.39. The van der Waals surface area contributed by atoms with Gasteiger partial charge in [-0.25, -0.2) is 4.39 Å². The molecule has 3 nitrogen and oxygen atoms in total. The van der Waals surface area contributed by atoms with Gasteiger partial charge in [-0.2, -0.15) is 0 Å². The van der Waals surface area contributed by atoms with Crippen LogP contribution in [0.15, 0.2) is 42.7 Å². The molecule has 0 saturated carbocycles. The maximum Gasteiger partial charge on any atom is 0.254 e. The number of rotatable bonds is 3. The van der Waals surface area contributed by atoms with Crippen LogP contribution in [0.25, 0.3) is 0 Å². The summed E-state index contributed by atoms with van der Waals surface area (Å²) in [6, 6.07) is 7.33. The Labute approximate surface area is 115 Å². The fourth-order valence-corrected chi connectivity index (χ4v) is 1.82. The van der Waals surface area contributed by atoms with E-state index in [2.05, 4.69) is 10.3 Å². The second-order valence-electron chi connectivity index (χ2n) is 4.11. The molecule has 0 saturated heterocycles. The zero-order valence-electron chi connectivity index (χ0n) is 10.2. The van der Waals surface area contributed by atoms with Crippen molar-refractivity contribution in [3.05, 3.63) is 64.7 Å². The molecule has 2 rings (SSSR count). The van der Waals surface area contributed by atoms with Crippen molar-refractivity contribution in [1.82, 2.24) is 10.3 Å². The van der Waals surface area contributed by atoms with Gasteiger partial charge in [0.15, 0.2) is 0 Å².